The molecule has 0 aromatic heterocycles. The lowest BCUT2D eigenvalue weighted by molar-refractivity contribution is -0.155. The van der Waals surface area contributed by atoms with Crippen molar-refractivity contribution in [1.82, 2.24) is 0 Å². The smallest absolute Gasteiger partial charge is 0.337 e. The molecule has 3 N–H and O–H groups in total. The second kappa shape index (κ2) is 4.27. The Kier molecular flexibility index (Phi) is 3.26. The number of aliphatic carboxylic acids is 1. The lowest BCUT2D eigenvalue weighted by Gasteiger charge is -2.19. The summed E-state index contributed by atoms with van der Waals surface area (Å²) in [7, 11) is 0. The zero-order valence-electron chi connectivity index (χ0n) is 8.20. The van der Waals surface area contributed by atoms with Gasteiger partial charge < -0.3 is 15.5 Å². The van der Waals surface area contributed by atoms with E-state index in [1.165, 1.54) is 18.2 Å². The Morgan fingerprint density at radius 2 is 2.13 bits per heavy atom. The van der Waals surface area contributed by atoms with E-state index in [1.54, 1.807) is 6.07 Å². The molecule has 4 nitrogen and oxygen atoms in total. The lowest BCUT2D eigenvalue weighted by atomic mass is 10.1. The van der Waals surface area contributed by atoms with E-state index >= 15 is 0 Å². The van der Waals surface area contributed by atoms with E-state index in [1.807, 2.05) is 0 Å². The average Bonchev–Trinajstić information content (AvgIpc) is 2.16. The van der Waals surface area contributed by atoms with E-state index in [9.17, 15) is 14.3 Å². The number of benzene rings is 1. The summed E-state index contributed by atoms with van der Waals surface area (Å²) < 4.78 is 13.1. The highest BCUT2D eigenvalue weighted by molar-refractivity contribution is 5.77. The van der Waals surface area contributed by atoms with Crippen molar-refractivity contribution in [3.63, 3.8) is 0 Å². The first-order valence-electron chi connectivity index (χ1n) is 4.37. The van der Waals surface area contributed by atoms with E-state index in [0.717, 1.165) is 6.92 Å². The molecule has 0 amide bonds. The van der Waals surface area contributed by atoms with E-state index in [2.05, 4.69) is 5.32 Å². The Bertz CT molecular complexity index is 365. The number of aliphatic hydroxyl groups is 1. The molecule has 1 unspecified atom stereocenters. The molecule has 5 heteroatoms. The molecular weight excluding hydrogens is 201 g/mol. The topological polar surface area (TPSA) is 69.6 Å². The van der Waals surface area contributed by atoms with Crippen LogP contribution in [0.5, 0.6) is 0 Å². The molecule has 0 saturated heterocycles. The minimum Gasteiger partial charge on any atom is -0.479 e. The minimum absolute atomic E-state index is 0.166. The number of nitrogens with one attached hydrogen (secondary N) is 1. The largest absolute Gasteiger partial charge is 0.479 e. The number of carboxylic acid groups (broad SMARTS) is 1. The fourth-order valence-corrected chi connectivity index (χ4v) is 0.948. The maximum atomic E-state index is 13.1. The molecule has 0 spiro atoms. The van der Waals surface area contributed by atoms with Crippen LogP contribution in [-0.4, -0.2) is 28.3 Å². The van der Waals surface area contributed by atoms with Gasteiger partial charge in [0.05, 0.1) is 12.2 Å². The zero-order valence-corrected chi connectivity index (χ0v) is 8.20. The number of para-hydroxylation sites is 1. The second-order valence-corrected chi connectivity index (χ2v) is 3.41. The van der Waals surface area contributed by atoms with Crippen LogP contribution in [0.1, 0.15) is 6.92 Å². The number of hydrogen-bond donors (Lipinski definition) is 3. The van der Waals surface area contributed by atoms with Crippen molar-refractivity contribution in [2.45, 2.75) is 12.5 Å². The van der Waals surface area contributed by atoms with Crippen molar-refractivity contribution >= 4 is 11.7 Å². The Morgan fingerprint density at radius 1 is 1.53 bits per heavy atom. The molecule has 1 aromatic rings. The van der Waals surface area contributed by atoms with Crippen molar-refractivity contribution in [2.24, 2.45) is 0 Å². The molecule has 1 atom stereocenters. The maximum absolute atomic E-state index is 13.1. The first-order chi connectivity index (χ1) is 6.93. The minimum atomic E-state index is -1.91. The molecule has 1 aromatic carbocycles. The molecule has 0 aliphatic rings. The number of halogens is 1. The average molecular weight is 213 g/mol. The third-order valence-electron chi connectivity index (χ3n) is 1.96. The Balaban J connectivity index is 2.66. The van der Waals surface area contributed by atoms with Gasteiger partial charge in [-0.25, -0.2) is 9.18 Å². The molecule has 0 bridgehead atoms. The summed E-state index contributed by atoms with van der Waals surface area (Å²) in [5.74, 6) is -1.84. The van der Waals surface area contributed by atoms with Gasteiger partial charge in [0.2, 0.25) is 0 Å². The van der Waals surface area contributed by atoms with E-state index < -0.39 is 17.4 Å². The normalized spacial score (nSPS) is 14.3. The Hall–Kier alpha value is -1.62. The summed E-state index contributed by atoms with van der Waals surface area (Å²) in [6.45, 7) is 0.881. The van der Waals surface area contributed by atoms with Gasteiger partial charge in [-0.2, -0.15) is 0 Å². The predicted octanol–water partition coefficient (Wildman–Crippen LogP) is 1.07. The molecular formula is C10H12FNO3. The molecule has 0 radical (unpaired) electrons. The van der Waals surface area contributed by atoms with Crippen LogP contribution in [0.4, 0.5) is 10.1 Å². The molecule has 0 fully saturated rings. The van der Waals surface area contributed by atoms with Crippen LogP contribution in [0.25, 0.3) is 0 Å². The highest BCUT2D eigenvalue weighted by atomic mass is 19.1. The van der Waals surface area contributed by atoms with Crippen LogP contribution in [0.2, 0.25) is 0 Å². The number of carbonyl (C=O) groups is 1. The van der Waals surface area contributed by atoms with Crippen LogP contribution < -0.4 is 5.32 Å². The number of carboxylic acids is 1. The summed E-state index contributed by atoms with van der Waals surface area (Å²) >= 11 is 0. The zero-order chi connectivity index (χ0) is 11.5. The standard InChI is InChI=1S/C10H12FNO3/c1-10(15,9(13)14)6-12-8-5-3-2-4-7(8)11/h2-5,12,15H,6H2,1H3,(H,13,14). The van der Waals surface area contributed by atoms with E-state index in [-0.39, 0.29) is 12.2 Å². The van der Waals surface area contributed by atoms with Gasteiger partial charge in [-0.15, -0.1) is 0 Å². The van der Waals surface area contributed by atoms with Crippen LogP contribution >= 0.6 is 0 Å². The maximum Gasteiger partial charge on any atom is 0.337 e. The van der Waals surface area contributed by atoms with Crippen LogP contribution in [0.15, 0.2) is 24.3 Å². The van der Waals surface area contributed by atoms with Crippen LogP contribution in [-0.2, 0) is 4.79 Å². The van der Waals surface area contributed by atoms with Crippen molar-refractivity contribution in [1.29, 1.82) is 0 Å². The van der Waals surface area contributed by atoms with E-state index in [4.69, 9.17) is 5.11 Å². The van der Waals surface area contributed by atoms with Crippen molar-refractivity contribution in [2.75, 3.05) is 11.9 Å². The lowest BCUT2D eigenvalue weighted by Crippen LogP contribution is -2.41. The Labute approximate surface area is 86.4 Å². The highest BCUT2D eigenvalue weighted by Gasteiger charge is 2.29. The first kappa shape index (κ1) is 11.5. The molecule has 0 aliphatic carbocycles. The van der Waals surface area contributed by atoms with Gasteiger partial charge in [-0.05, 0) is 19.1 Å². The van der Waals surface area contributed by atoms with Crippen LogP contribution in [0.3, 0.4) is 0 Å². The van der Waals surface area contributed by atoms with Gasteiger partial charge in [-0.3, -0.25) is 0 Å². The first-order valence-corrected chi connectivity index (χ1v) is 4.37. The molecule has 0 aliphatic heterocycles. The SMILES string of the molecule is CC(O)(CNc1ccccc1F)C(=O)O. The van der Waals surface area contributed by atoms with Gasteiger partial charge in [-0.1, -0.05) is 12.1 Å². The molecule has 1 rings (SSSR count). The highest BCUT2D eigenvalue weighted by Crippen LogP contribution is 2.14. The summed E-state index contributed by atoms with van der Waals surface area (Å²) in [6.07, 6.45) is 0. The fourth-order valence-electron chi connectivity index (χ4n) is 0.948. The van der Waals surface area contributed by atoms with Crippen LogP contribution in [0, 0.1) is 5.82 Å². The van der Waals surface area contributed by atoms with Gasteiger partial charge in [0, 0.05) is 0 Å². The van der Waals surface area contributed by atoms with Gasteiger partial charge in [0.15, 0.2) is 5.60 Å². The fraction of sp³-hybridized carbons (Fsp3) is 0.300. The van der Waals surface area contributed by atoms with Gasteiger partial charge >= 0.3 is 5.97 Å². The monoisotopic (exact) mass is 213 g/mol. The number of hydrogen-bond acceptors (Lipinski definition) is 3. The Morgan fingerprint density at radius 3 is 2.67 bits per heavy atom. The molecule has 15 heavy (non-hydrogen) atoms. The second-order valence-electron chi connectivity index (χ2n) is 3.41. The summed E-state index contributed by atoms with van der Waals surface area (Å²) in [6, 6.07) is 5.85. The number of rotatable bonds is 4. The van der Waals surface area contributed by atoms with Crippen molar-refractivity contribution < 1.29 is 19.4 Å². The summed E-state index contributed by atoms with van der Waals surface area (Å²) in [5, 5.41) is 20.5. The molecule has 0 saturated carbocycles. The molecule has 0 heterocycles. The van der Waals surface area contributed by atoms with Crippen molar-refractivity contribution in [3.05, 3.63) is 30.1 Å². The van der Waals surface area contributed by atoms with Gasteiger partial charge in [0.25, 0.3) is 0 Å². The quantitative estimate of drug-likeness (QED) is 0.699. The predicted molar refractivity (Wildman–Crippen MR) is 53.1 cm³/mol. The number of anilines is 1. The molecule has 82 valence electrons. The van der Waals surface area contributed by atoms with Crippen molar-refractivity contribution in [3.8, 4) is 0 Å². The summed E-state index contributed by atoms with van der Waals surface area (Å²) in [5.41, 5.74) is -1.75. The third kappa shape index (κ3) is 2.92. The summed E-state index contributed by atoms with van der Waals surface area (Å²) in [4.78, 5) is 10.5. The van der Waals surface area contributed by atoms with E-state index in [0.29, 0.717) is 0 Å². The van der Waals surface area contributed by atoms with Gasteiger partial charge in [0.1, 0.15) is 5.82 Å². The third-order valence-corrected chi connectivity index (χ3v) is 1.96.